The molecule has 21 heavy (non-hydrogen) atoms. The first kappa shape index (κ1) is 16.9. The Balaban J connectivity index is 3.05. The molecule has 0 saturated heterocycles. The minimum atomic E-state index is -0.616. The highest BCUT2D eigenvalue weighted by atomic mass is 19.1. The summed E-state index contributed by atoms with van der Waals surface area (Å²) in [6.45, 7) is 3.95. The number of halogens is 1. The number of amides is 2. The van der Waals surface area contributed by atoms with Crippen LogP contribution in [0.15, 0.2) is 18.2 Å². The summed E-state index contributed by atoms with van der Waals surface area (Å²) in [6, 6.07) is 4.39. The second kappa shape index (κ2) is 7.06. The molecule has 0 fully saturated rings. The van der Waals surface area contributed by atoms with Crippen molar-refractivity contribution in [1.29, 1.82) is 0 Å². The molecule has 116 valence electrons. The van der Waals surface area contributed by atoms with Crippen LogP contribution in [-0.2, 0) is 4.79 Å². The Morgan fingerprint density at radius 1 is 1.29 bits per heavy atom. The lowest BCUT2D eigenvalue weighted by Gasteiger charge is -2.24. The molecule has 2 N–H and O–H groups in total. The fourth-order valence-corrected chi connectivity index (χ4v) is 1.97. The third-order valence-electron chi connectivity index (χ3n) is 2.92. The zero-order chi connectivity index (χ0) is 16.2. The lowest BCUT2D eigenvalue weighted by Crippen LogP contribution is -2.40. The highest BCUT2D eigenvalue weighted by Gasteiger charge is 2.22. The van der Waals surface area contributed by atoms with E-state index in [1.54, 1.807) is 25.1 Å². The second-order valence-electron chi connectivity index (χ2n) is 5.60. The van der Waals surface area contributed by atoms with Gasteiger partial charge in [0.2, 0.25) is 5.91 Å². The van der Waals surface area contributed by atoms with Crippen molar-refractivity contribution >= 4 is 17.5 Å². The average molecular weight is 295 g/mol. The maximum Gasteiger partial charge on any atom is 0.257 e. The fourth-order valence-electron chi connectivity index (χ4n) is 1.97. The zero-order valence-electron chi connectivity index (χ0n) is 12.9. The first-order valence-corrected chi connectivity index (χ1v) is 6.76. The molecular formula is C15H22FN3O2. The number of primary amides is 1. The van der Waals surface area contributed by atoms with E-state index in [0.29, 0.717) is 12.2 Å². The standard InChI is InChI=1S/C15H22FN3O2/c1-10(2)8-19(9-14(17)20)15(21)12-6-5-11(18(3)4)7-13(12)16/h5-7,10H,8-9H2,1-4H3,(H2,17,20). The van der Waals surface area contributed by atoms with Crippen molar-refractivity contribution in [1.82, 2.24) is 4.90 Å². The molecule has 0 heterocycles. The molecule has 0 bridgehead atoms. The van der Waals surface area contributed by atoms with E-state index in [9.17, 15) is 14.0 Å². The fraction of sp³-hybridized carbons (Fsp3) is 0.467. The Hall–Kier alpha value is -2.11. The van der Waals surface area contributed by atoms with Crippen LogP contribution in [0, 0.1) is 11.7 Å². The smallest absolute Gasteiger partial charge is 0.257 e. The number of carbonyl (C=O) groups excluding carboxylic acids is 2. The van der Waals surface area contributed by atoms with Gasteiger partial charge in [-0.1, -0.05) is 13.8 Å². The highest BCUT2D eigenvalue weighted by Crippen LogP contribution is 2.18. The number of hydrogen-bond acceptors (Lipinski definition) is 3. The van der Waals surface area contributed by atoms with Gasteiger partial charge in [-0.3, -0.25) is 9.59 Å². The van der Waals surface area contributed by atoms with Crippen molar-refractivity contribution in [3.05, 3.63) is 29.6 Å². The van der Waals surface area contributed by atoms with Crippen LogP contribution >= 0.6 is 0 Å². The monoisotopic (exact) mass is 295 g/mol. The third kappa shape index (κ3) is 4.73. The van der Waals surface area contributed by atoms with E-state index in [4.69, 9.17) is 5.73 Å². The van der Waals surface area contributed by atoms with Gasteiger partial charge in [-0.05, 0) is 24.1 Å². The zero-order valence-corrected chi connectivity index (χ0v) is 12.9. The van der Waals surface area contributed by atoms with Gasteiger partial charge in [0.05, 0.1) is 12.1 Å². The summed E-state index contributed by atoms with van der Waals surface area (Å²) in [7, 11) is 3.57. The molecular weight excluding hydrogens is 273 g/mol. The lowest BCUT2D eigenvalue weighted by molar-refractivity contribution is -0.118. The van der Waals surface area contributed by atoms with Crippen molar-refractivity contribution < 1.29 is 14.0 Å². The summed E-state index contributed by atoms with van der Waals surface area (Å²) in [5, 5.41) is 0. The van der Waals surface area contributed by atoms with E-state index < -0.39 is 17.6 Å². The van der Waals surface area contributed by atoms with Gasteiger partial charge in [0.15, 0.2) is 0 Å². The maximum absolute atomic E-state index is 14.1. The molecule has 2 amide bonds. The number of benzene rings is 1. The number of anilines is 1. The van der Waals surface area contributed by atoms with Crippen molar-refractivity contribution in [3.8, 4) is 0 Å². The first-order chi connectivity index (χ1) is 9.72. The van der Waals surface area contributed by atoms with Crippen molar-refractivity contribution in [2.75, 3.05) is 32.1 Å². The van der Waals surface area contributed by atoms with E-state index in [1.807, 2.05) is 13.8 Å². The topological polar surface area (TPSA) is 66.6 Å². The van der Waals surface area contributed by atoms with Gasteiger partial charge in [0.25, 0.3) is 5.91 Å². The Morgan fingerprint density at radius 2 is 1.90 bits per heavy atom. The predicted octanol–water partition coefficient (Wildman–Crippen LogP) is 1.48. The number of nitrogens with two attached hydrogens (primary N) is 1. The van der Waals surface area contributed by atoms with Crippen LogP contribution < -0.4 is 10.6 Å². The quantitative estimate of drug-likeness (QED) is 0.864. The molecule has 0 aliphatic carbocycles. The lowest BCUT2D eigenvalue weighted by atomic mass is 10.1. The number of carbonyl (C=O) groups is 2. The average Bonchev–Trinajstić information content (AvgIpc) is 2.35. The van der Waals surface area contributed by atoms with Gasteiger partial charge in [-0.25, -0.2) is 4.39 Å². The van der Waals surface area contributed by atoms with E-state index in [0.717, 1.165) is 0 Å². The molecule has 0 radical (unpaired) electrons. The van der Waals surface area contributed by atoms with Gasteiger partial charge in [0, 0.05) is 26.3 Å². The largest absolute Gasteiger partial charge is 0.378 e. The van der Waals surface area contributed by atoms with Crippen molar-refractivity contribution in [2.45, 2.75) is 13.8 Å². The molecule has 1 rings (SSSR count). The Bertz CT molecular complexity index is 530. The van der Waals surface area contributed by atoms with Crippen LogP contribution in [0.25, 0.3) is 0 Å². The van der Waals surface area contributed by atoms with Crippen LogP contribution in [0.2, 0.25) is 0 Å². The number of hydrogen-bond donors (Lipinski definition) is 1. The Kier molecular flexibility index (Phi) is 5.69. The predicted molar refractivity (Wildman–Crippen MR) is 80.7 cm³/mol. The molecule has 0 atom stereocenters. The molecule has 0 aliphatic rings. The SMILES string of the molecule is CC(C)CN(CC(N)=O)C(=O)c1ccc(N(C)C)cc1F. The number of rotatable bonds is 6. The van der Waals surface area contributed by atoms with E-state index >= 15 is 0 Å². The molecule has 1 aromatic carbocycles. The van der Waals surface area contributed by atoms with Gasteiger partial charge in [-0.15, -0.1) is 0 Å². The molecule has 0 unspecified atom stereocenters. The summed E-state index contributed by atoms with van der Waals surface area (Å²) in [5.41, 5.74) is 5.76. The van der Waals surface area contributed by atoms with Gasteiger partial charge < -0.3 is 15.5 Å². The highest BCUT2D eigenvalue weighted by molar-refractivity contribution is 5.96. The molecule has 0 aromatic heterocycles. The van der Waals surface area contributed by atoms with Crippen LogP contribution in [0.1, 0.15) is 24.2 Å². The molecule has 0 spiro atoms. The molecule has 0 saturated carbocycles. The third-order valence-corrected chi connectivity index (χ3v) is 2.92. The Labute approximate surface area is 124 Å². The molecule has 5 nitrogen and oxygen atoms in total. The van der Waals surface area contributed by atoms with Crippen LogP contribution in [-0.4, -0.2) is 43.9 Å². The van der Waals surface area contributed by atoms with Crippen molar-refractivity contribution in [3.63, 3.8) is 0 Å². The van der Waals surface area contributed by atoms with Gasteiger partial charge in [0.1, 0.15) is 5.82 Å². The number of nitrogens with zero attached hydrogens (tertiary/aromatic N) is 2. The summed E-state index contributed by atoms with van der Waals surface area (Å²) in [5.74, 6) is -1.60. The van der Waals surface area contributed by atoms with Gasteiger partial charge >= 0.3 is 0 Å². The normalized spacial score (nSPS) is 10.6. The van der Waals surface area contributed by atoms with Crippen molar-refractivity contribution in [2.24, 2.45) is 11.7 Å². The van der Waals surface area contributed by atoms with E-state index in [2.05, 4.69) is 0 Å². The molecule has 6 heteroatoms. The summed E-state index contributed by atoms with van der Waals surface area (Å²) in [4.78, 5) is 26.5. The minimum absolute atomic E-state index is 0.0532. The van der Waals surface area contributed by atoms with Crippen LogP contribution in [0.3, 0.4) is 0 Å². The second-order valence-corrected chi connectivity index (χ2v) is 5.60. The van der Waals surface area contributed by atoms with Crippen LogP contribution in [0.4, 0.5) is 10.1 Å². The Morgan fingerprint density at radius 3 is 2.33 bits per heavy atom. The summed E-state index contributed by atoms with van der Waals surface area (Å²) < 4.78 is 14.1. The van der Waals surface area contributed by atoms with E-state index in [-0.39, 0.29) is 18.0 Å². The minimum Gasteiger partial charge on any atom is -0.378 e. The molecule has 1 aromatic rings. The summed E-state index contributed by atoms with van der Waals surface area (Å²) >= 11 is 0. The van der Waals surface area contributed by atoms with Crippen LogP contribution in [0.5, 0.6) is 0 Å². The first-order valence-electron chi connectivity index (χ1n) is 6.76. The van der Waals surface area contributed by atoms with E-state index in [1.165, 1.54) is 17.0 Å². The van der Waals surface area contributed by atoms with Gasteiger partial charge in [-0.2, -0.15) is 0 Å². The maximum atomic E-state index is 14.1. The summed E-state index contributed by atoms with van der Waals surface area (Å²) in [6.07, 6.45) is 0. The molecule has 0 aliphatic heterocycles.